The third-order valence-corrected chi connectivity index (χ3v) is 6.54. The number of carboxylic acids is 1. The standard InChI is InChI=1S/C22H32NO10P/c1-5-30-18(24)13-17(22(28)31-6-2)19(21(26)27)23-20(25)16-11-9-15(10-12-16)14-34(29,32-7-3)33-8-4/h9-12,17,19H,5-8,13-14H2,1-4H3,(H,23,25)(H,26,27)/t17-,19+/m1/s1. The van der Waals surface area contributed by atoms with Crippen molar-refractivity contribution >= 4 is 31.4 Å². The van der Waals surface area contributed by atoms with E-state index >= 15 is 0 Å². The molecule has 0 heterocycles. The maximum Gasteiger partial charge on any atom is 0.335 e. The fourth-order valence-corrected chi connectivity index (χ4v) is 4.75. The third kappa shape index (κ3) is 9.24. The number of nitrogens with one attached hydrogen (secondary N) is 1. The summed E-state index contributed by atoms with van der Waals surface area (Å²) in [4.78, 5) is 48.8. The Kier molecular flexibility index (Phi) is 12.5. The van der Waals surface area contributed by atoms with E-state index < -0.39 is 49.8 Å². The quantitative estimate of drug-likeness (QED) is 0.271. The Hall–Kier alpha value is -2.75. The maximum absolute atomic E-state index is 12.7. The molecule has 0 aliphatic rings. The number of rotatable bonds is 15. The number of aliphatic carboxylic acids is 1. The van der Waals surface area contributed by atoms with Gasteiger partial charge in [-0.15, -0.1) is 0 Å². The van der Waals surface area contributed by atoms with Crippen molar-refractivity contribution in [2.75, 3.05) is 26.4 Å². The van der Waals surface area contributed by atoms with Crippen LogP contribution >= 0.6 is 7.60 Å². The molecular formula is C22H32NO10P. The molecule has 0 unspecified atom stereocenters. The molecule has 0 saturated carbocycles. The molecule has 190 valence electrons. The van der Waals surface area contributed by atoms with E-state index in [2.05, 4.69) is 5.32 Å². The molecule has 0 saturated heterocycles. The lowest BCUT2D eigenvalue weighted by atomic mass is 9.95. The molecule has 0 spiro atoms. The van der Waals surface area contributed by atoms with Gasteiger partial charge in [0.2, 0.25) is 0 Å². The van der Waals surface area contributed by atoms with Gasteiger partial charge in [0, 0.05) is 5.56 Å². The first kappa shape index (κ1) is 29.3. The fourth-order valence-electron chi connectivity index (χ4n) is 3.05. The summed E-state index contributed by atoms with van der Waals surface area (Å²) < 4.78 is 32.9. The summed E-state index contributed by atoms with van der Waals surface area (Å²) in [6.45, 7) is 6.93. The molecule has 0 radical (unpaired) electrons. The lowest BCUT2D eigenvalue weighted by Crippen LogP contribution is -2.49. The highest BCUT2D eigenvalue weighted by molar-refractivity contribution is 7.53. The average molecular weight is 501 g/mol. The molecule has 0 bridgehead atoms. The highest BCUT2D eigenvalue weighted by Gasteiger charge is 2.38. The summed E-state index contributed by atoms with van der Waals surface area (Å²) in [5.74, 6) is -5.51. The van der Waals surface area contributed by atoms with Crippen LogP contribution in [0, 0.1) is 5.92 Å². The summed E-state index contributed by atoms with van der Waals surface area (Å²) in [6, 6.07) is 4.17. The molecule has 0 fully saturated rings. The van der Waals surface area contributed by atoms with E-state index in [1.807, 2.05) is 0 Å². The molecular weight excluding hydrogens is 469 g/mol. The maximum atomic E-state index is 12.7. The molecule has 2 N–H and O–H groups in total. The highest BCUT2D eigenvalue weighted by atomic mass is 31.2. The fraction of sp³-hybridized carbons (Fsp3) is 0.545. The number of benzene rings is 1. The van der Waals surface area contributed by atoms with E-state index in [0.29, 0.717) is 5.56 Å². The van der Waals surface area contributed by atoms with Gasteiger partial charge in [-0.05, 0) is 45.4 Å². The van der Waals surface area contributed by atoms with Crippen LogP contribution in [0.5, 0.6) is 0 Å². The predicted octanol–water partition coefficient (Wildman–Crippen LogP) is 2.77. The second-order valence-electron chi connectivity index (χ2n) is 6.96. The first-order valence-electron chi connectivity index (χ1n) is 10.9. The van der Waals surface area contributed by atoms with E-state index in [0.717, 1.165) is 0 Å². The number of hydrogen-bond donors (Lipinski definition) is 2. The van der Waals surface area contributed by atoms with Gasteiger partial charge in [0.05, 0.1) is 44.9 Å². The molecule has 0 aromatic heterocycles. The molecule has 1 aromatic carbocycles. The summed E-state index contributed by atoms with van der Waals surface area (Å²) in [5, 5.41) is 11.9. The summed E-state index contributed by atoms with van der Waals surface area (Å²) in [7, 11) is -3.34. The van der Waals surface area contributed by atoms with Crippen molar-refractivity contribution in [2.45, 2.75) is 46.3 Å². The van der Waals surface area contributed by atoms with Gasteiger partial charge in [0.15, 0.2) is 0 Å². The van der Waals surface area contributed by atoms with Crippen molar-refractivity contribution < 1.29 is 47.4 Å². The Labute approximate surface area is 198 Å². The van der Waals surface area contributed by atoms with Crippen LogP contribution in [0.2, 0.25) is 0 Å². The van der Waals surface area contributed by atoms with Crippen molar-refractivity contribution in [1.82, 2.24) is 5.32 Å². The number of carbonyl (C=O) groups excluding carboxylic acids is 3. The molecule has 34 heavy (non-hydrogen) atoms. The van der Waals surface area contributed by atoms with Gasteiger partial charge in [-0.25, -0.2) is 4.79 Å². The van der Waals surface area contributed by atoms with E-state index in [4.69, 9.17) is 18.5 Å². The Morgan fingerprint density at radius 1 is 0.912 bits per heavy atom. The lowest BCUT2D eigenvalue weighted by molar-refractivity contribution is -0.159. The monoisotopic (exact) mass is 501 g/mol. The first-order chi connectivity index (χ1) is 16.1. The van der Waals surface area contributed by atoms with E-state index in [1.165, 1.54) is 31.2 Å². The van der Waals surface area contributed by atoms with Crippen molar-refractivity contribution in [3.63, 3.8) is 0 Å². The van der Waals surface area contributed by atoms with Crippen LogP contribution in [0.1, 0.15) is 50.0 Å². The minimum absolute atomic E-state index is 0.00119. The smallest absolute Gasteiger partial charge is 0.335 e. The van der Waals surface area contributed by atoms with Crippen molar-refractivity contribution in [2.24, 2.45) is 5.92 Å². The van der Waals surface area contributed by atoms with Crippen LogP contribution in [-0.4, -0.2) is 61.4 Å². The van der Waals surface area contributed by atoms with Crippen LogP contribution in [0.15, 0.2) is 24.3 Å². The van der Waals surface area contributed by atoms with Crippen molar-refractivity contribution in [3.8, 4) is 0 Å². The first-order valence-corrected chi connectivity index (χ1v) is 12.7. The minimum atomic E-state index is -3.34. The van der Waals surface area contributed by atoms with Crippen molar-refractivity contribution in [1.29, 1.82) is 0 Å². The Balaban J connectivity index is 3.05. The second kappa shape index (κ2) is 14.5. The highest BCUT2D eigenvalue weighted by Crippen LogP contribution is 2.51. The van der Waals surface area contributed by atoms with Gasteiger partial charge >= 0.3 is 25.5 Å². The van der Waals surface area contributed by atoms with Crippen LogP contribution < -0.4 is 5.32 Å². The Morgan fingerprint density at radius 3 is 1.94 bits per heavy atom. The molecule has 1 aromatic rings. The molecule has 0 aliphatic heterocycles. The normalized spacial score (nSPS) is 12.9. The molecule has 1 amide bonds. The minimum Gasteiger partial charge on any atom is -0.480 e. The average Bonchev–Trinajstić information content (AvgIpc) is 2.76. The number of amides is 1. The van der Waals surface area contributed by atoms with Crippen LogP contribution in [0.3, 0.4) is 0 Å². The third-order valence-electron chi connectivity index (χ3n) is 4.48. The lowest BCUT2D eigenvalue weighted by Gasteiger charge is -2.23. The van der Waals surface area contributed by atoms with Gasteiger partial charge in [0.1, 0.15) is 6.04 Å². The van der Waals surface area contributed by atoms with Crippen LogP contribution in [0.25, 0.3) is 0 Å². The summed E-state index contributed by atoms with van der Waals surface area (Å²) in [5.41, 5.74) is 0.680. The van der Waals surface area contributed by atoms with Gasteiger partial charge in [-0.1, -0.05) is 12.1 Å². The topological polar surface area (TPSA) is 155 Å². The number of hydrogen-bond acceptors (Lipinski definition) is 9. The molecule has 12 heteroatoms. The Morgan fingerprint density at radius 2 is 1.47 bits per heavy atom. The largest absolute Gasteiger partial charge is 0.480 e. The second-order valence-corrected chi connectivity index (χ2v) is 9.01. The Bertz CT molecular complexity index is 876. The van der Waals surface area contributed by atoms with Gasteiger partial charge in [-0.2, -0.15) is 0 Å². The summed E-state index contributed by atoms with van der Waals surface area (Å²) in [6.07, 6.45) is -0.578. The van der Waals surface area contributed by atoms with E-state index in [-0.39, 0.29) is 38.2 Å². The zero-order chi connectivity index (χ0) is 25.7. The predicted molar refractivity (Wildman–Crippen MR) is 121 cm³/mol. The van der Waals surface area contributed by atoms with Crippen LogP contribution in [0.4, 0.5) is 0 Å². The number of esters is 2. The van der Waals surface area contributed by atoms with Gasteiger partial charge < -0.3 is 28.9 Å². The van der Waals surface area contributed by atoms with Crippen molar-refractivity contribution in [3.05, 3.63) is 35.4 Å². The van der Waals surface area contributed by atoms with E-state index in [9.17, 15) is 28.8 Å². The SMILES string of the molecule is CCOC(=O)C[C@@H](C(=O)OCC)[C@H](NC(=O)c1ccc(CP(=O)(OCC)OCC)cc1)C(=O)O. The van der Waals surface area contributed by atoms with E-state index in [1.54, 1.807) is 20.8 Å². The number of carboxylic acid groups (broad SMARTS) is 1. The zero-order valence-electron chi connectivity index (χ0n) is 19.8. The molecule has 1 rings (SSSR count). The summed E-state index contributed by atoms with van der Waals surface area (Å²) >= 11 is 0. The zero-order valence-corrected chi connectivity index (χ0v) is 20.7. The van der Waals surface area contributed by atoms with Gasteiger partial charge in [0.25, 0.3) is 5.91 Å². The molecule has 2 atom stereocenters. The number of carbonyl (C=O) groups is 4. The van der Waals surface area contributed by atoms with Crippen LogP contribution in [-0.2, 0) is 43.6 Å². The molecule has 0 aliphatic carbocycles. The van der Waals surface area contributed by atoms with Gasteiger partial charge in [-0.3, -0.25) is 18.9 Å². The molecule has 11 nitrogen and oxygen atoms in total. The number of ether oxygens (including phenoxy) is 2.